The molecule has 0 radical (unpaired) electrons. The molecule has 0 fully saturated rings. The first-order chi connectivity index (χ1) is 12.1. The average Bonchev–Trinajstić information content (AvgIpc) is 2.97. The molecule has 0 N–H and O–H groups in total. The predicted molar refractivity (Wildman–Crippen MR) is 90.7 cm³/mol. The number of pyridine rings is 2. The second-order valence-corrected chi connectivity index (χ2v) is 7.40. The molecule has 3 rings (SSSR count). The van der Waals surface area contributed by atoms with Gasteiger partial charge in [0, 0.05) is 16.9 Å². The maximum Gasteiger partial charge on any atom is 0.458 e. The minimum atomic E-state index is -5.71. The van der Waals surface area contributed by atoms with Crippen molar-refractivity contribution in [2.24, 2.45) is 0 Å². The summed E-state index contributed by atoms with van der Waals surface area (Å²) in [7, 11) is 0. The van der Waals surface area contributed by atoms with Crippen molar-refractivity contribution >= 4 is 38.7 Å². The summed E-state index contributed by atoms with van der Waals surface area (Å²) in [6.45, 7) is 1.95. The summed E-state index contributed by atoms with van der Waals surface area (Å²) < 4.78 is 66.7. The molecule has 26 heavy (non-hydrogen) atoms. The van der Waals surface area contributed by atoms with Crippen molar-refractivity contribution < 1.29 is 22.0 Å². The Bertz CT molecular complexity index is 957. The number of hydrogen-bond acceptors (Lipinski definition) is 4. The molecule has 0 aliphatic carbocycles. The number of rotatable bonds is 4. The Kier molecular flexibility index (Phi) is 4.95. The molecule has 0 aromatic carbocycles. The van der Waals surface area contributed by atoms with Crippen LogP contribution in [0.1, 0.15) is 12.5 Å². The Morgan fingerprint density at radius 1 is 1.08 bits per heavy atom. The highest BCUT2D eigenvalue weighted by Crippen LogP contribution is 2.44. The van der Waals surface area contributed by atoms with Gasteiger partial charge in [0.1, 0.15) is 11.0 Å². The van der Waals surface area contributed by atoms with Crippen molar-refractivity contribution in [2.75, 3.05) is 5.75 Å². The summed E-state index contributed by atoms with van der Waals surface area (Å²) in [5, 5.41) is 4.07. The zero-order chi connectivity index (χ0) is 19.1. The van der Waals surface area contributed by atoms with Crippen LogP contribution in [0.2, 0.25) is 0 Å². The zero-order valence-corrected chi connectivity index (χ0v) is 15.5. The van der Waals surface area contributed by atoms with Gasteiger partial charge in [0.25, 0.3) is 0 Å². The van der Waals surface area contributed by atoms with E-state index in [1.807, 2.05) is 13.0 Å². The lowest BCUT2D eigenvalue weighted by Gasteiger charge is -2.19. The Balaban J connectivity index is 2.09. The second-order valence-electron chi connectivity index (χ2n) is 5.18. The molecule has 0 saturated carbocycles. The van der Waals surface area contributed by atoms with E-state index in [4.69, 9.17) is 0 Å². The van der Waals surface area contributed by atoms with Crippen molar-refractivity contribution in [1.82, 2.24) is 19.7 Å². The van der Waals surface area contributed by atoms with Crippen LogP contribution in [-0.2, 0) is 5.92 Å². The van der Waals surface area contributed by atoms with Crippen LogP contribution in [0.3, 0.4) is 0 Å². The van der Waals surface area contributed by atoms with E-state index in [9.17, 15) is 22.0 Å². The Morgan fingerprint density at radius 3 is 2.46 bits per heavy atom. The molecule has 138 valence electrons. The summed E-state index contributed by atoms with van der Waals surface area (Å²) >= 11 is 4.80. The molecule has 3 aromatic rings. The van der Waals surface area contributed by atoms with Gasteiger partial charge in [-0.3, -0.25) is 4.98 Å². The highest BCUT2D eigenvalue weighted by Gasteiger charge is 2.59. The summed E-state index contributed by atoms with van der Waals surface area (Å²) in [6.07, 6.45) is -2.22. The van der Waals surface area contributed by atoms with E-state index >= 15 is 0 Å². The van der Waals surface area contributed by atoms with Gasteiger partial charge in [-0.05, 0) is 33.8 Å². The third-order valence-corrected chi connectivity index (χ3v) is 4.73. The monoisotopic (exact) mass is 452 g/mol. The molecule has 0 spiro atoms. The predicted octanol–water partition coefficient (Wildman–Crippen LogP) is 5.34. The fourth-order valence-electron chi connectivity index (χ4n) is 2.20. The highest BCUT2D eigenvalue weighted by molar-refractivity contribution is 9.10. The van der Waals surface area contributed by atoms with Gasteiger partial charge < -0.3 is 0 Å². The number of alkyl halides is 5. The summed E-state index contributed by atoms with van der Waals surface area (Å²) in [4.78, 5) is 8.72. The van der Waals surface area contributed by atoms with Crippen LogP contribution in [0.15, 0.2) is 40.1 Å². The smallest absolute Gasteiger partial charge is 0.252 e. The van der Waals surface area contributed by atoms with E-state index in [1.54, 1.807) is 0 Å². The first-order valence-electron chi connectivity index (χ1n) is 7.22. The maximum absolute atomic E-state index is 13.5. The molecule has 0 aliphatic heterocycles. The molecule has 0 bridgehead atoms. The number of fused-ring (bicyclic) bond motifs is 1. The lowest BCUT2D eigenvalue weighted by molar-refractivity contribution is -0.289. The lowest BCUT2D eigenvalue weighted by Crippen LogP contribution is -2.33. The fourth-order valence-corrected chi connectivity index (χ4v) is 3.47. The first kappa shape index (κ1) is 19.0. The first-order valence-corrected chi connectivity index (χ1v) is 9.00. The van der Waals surface area contributed by atoms with Gasteiger partial charge in [0.05, 0.1) is 16.7 Å². The van der Waals surface area contributed by atoms with E-state index in [-0.39, 0.29) is 11.0 Å². The molecule has 3 heterocycles. The Hall–Kier alpha value is -1.75. The summed E-state index contributed by atoms with van der Waals surface area (Å²) in [5.41, 5.74) is -1.15. The molecule has 0 aliphatic rings. The van der Waals surface area contributed by atoms with Crippen LogP contribution in [0, 0.1) is 0 Å². The van der Waals surface area contributed by atoms with Crippen molar-refractivity contribution in [1.29, 1.82) is 0 Å². The van der Waals surface area contributed by atoms with E-state index < -0.39 is 17.7 Å². The largest absolute Gasteiger partial charge is 0.458 e. The van der Waals surface area contributed by atoms with Crippen LogP contribution in [-0.4, -0.2) is 31.7 Å². The Labute approximate surface area is 156 Å². The number of hydrogen-bond donors (Lipinski definition) is 0. The van der Waals surface area contributed by atoms with Gasteiger partial charge in [-0.25, -0.2) is 9.67 Å². The number of aromatic nitrogens is 4. The molecule has 0 amide bonds. The molecule has 0 saturated heterocycles. The van der Waals surface area contributed by atoms with Gasteiger partial charge in [0.2, 0.25) is 0 Å². The second kappa shape index (κ2) is 6.76. The summed E-state index contributed by atoms with van der Waals surface area (Å²) in [5.74, 6) is -3.81. The SMILES string of the molecule is CCSc1cc(Br)cnc1-n1cc2ncc(C(F)(F)C(F)(F)F)cc2n1. The minimum absolute atomic E-state index is 0.0800. The van der Waals surface area contributed by atoms with Crippen molar-refractivity contribution in [3.8, 4) is 5.82 Å². The topological polar surface area (TPSA) is 43.6 Å². The Morgan fingerprint density at radius 2 is 1.81 bits per heavy atom. The van der Waals surface area contributed by atoms with Crippen molar-refractivity contribution in [3.63, 3.8) is 0 Å². The minimum Gasteiger partial charge on any atom is -0.252 e. The van der Waals surface area contributed by atoms with E-state index in [2.05, 4.69) is 31.0 Å². The number of thioether (sulfide) groups is 1. The number of nitrogens with zero attached hydrogens (tertiary/aromatic N) is 4. The molecular formula is C15H10BrF5N4S. The van der Waals surface area contributed by atoms with Gasteiger partial charge in [0.15, 0.2) is 5.82 Å². The maximum atomic E-state index is 13.5. The van der Waals surface area contributed by atoms with Crippen LogP contribution in [0.25, 0.3) is 16.9 Å². The number of halogens is 6. The van der Waals surface area contributed by atoms with Gasteiger partial charge in [-0.15, -0.1) is 11.8 Å². The van der Waals surface area contributed by atoms with Gasteiger partial charge in [-0.2, -0.15) is 27.1 Å². The average molecular weight is 453 g/mol. The van der Waals surface area contributed by atoms with E-state index in [0.717, 1.165) is 15.1 Å². The van der Waals surface area contributed by atoms with Gasteiger partial charge in [-0.1, -0.05) is 6.92 Å². The van der Waals surface area contributed by atoms with Crippen molar-refractivity contribution in [3.05, 3.63) is 40.8 Å². The fraction of sp³-hybridized carbons (Fsp3) is 0.267. The zero-order valence-electron chi connectivity index (χ0n) is 13.1. The van der Waals surface area contributed by atoms with Crippen LogP contribution in [0.4, 0.5) is 22.0 Å². The quantitative estimate of drug-likeness (QED) is 0.395. The molecule has 0 unspecified atom stereocenters. The molecule has 11 heteroatoms. The molecule has 4 nitrogen and oxygen atoms in total. The highest BCUT2D eigenvalue weighted by atomic mass is 79.9. The molecule has 0 atom stereocenters. The molecular weight excluding hydrogens is 443 g/mol. The van der Waals surface area contributed by atoms with Crippen LogP contribution in [0.5, 0.6) is 0 Å². The standard InChI is InChI=1S/C15H10BrF5N4S/c1-2-26-12-4-9(16)6-23-13(12)25-7-11-10(24-25)3-8(5-22-11)14(17,18)15(19,20)21/h3-7H,2H2,1H3. The van der Waals surface area contributed by atoms with Gasteiger partial charge >= 0.3 is 12.1 Å². The van der Waals surface area contributed by atoms with Crippen LogP contribution >= 0.6 is 27.7 Å². The third-order valence-electron chi connectivity index (χ3n) is 3.39. The third kappa shape index (κ3) is 3.41. The van der Waals surface area contributed by atoms with E-state index in [0.29, 0.717) is 18.1 Å². The summed E-state index contributed by atoms with van der Waals surface area (Å²) in [6, 6.07) is 2.51. The normalized spacial score (nSPS) is 12.7. The molecule has 3 aromatic heterocycles. The lowest BCUT2D eigenvalue weighted by atomic mass is 10.1. The van der Waals surface area contributed by atoms with E-state index in [1.165, 1.54) is 28.8 Å². The van der Waals surface area contributed by atoms with Crippen LogP contribution < -0.4 is 0 Å². The van der Waals surface area contributed by atoms with Crippen molar-refractivity contribution in [2.45, 2.75) is 23.9 Å².